The van der Waals surface area contributed by atoms with E-state index in [0.29, 0.717) is 25.9 Å². The van der Waals surface area contributed by atoms with Gasteiger partial charge >= 0.3 is 6.18 Å². The van der Waals surface area contributed by atoms with Crippen molar-refractivity contribution in [2.75, 3.05) is 18.4 Å². The van der Waals surface area contributed by atoms with Gasteiger partial charge in [0.25, 0.3) is 0 Å². The zero-order chi connectivity index (χ0) is 16.3. The van der Waals surface area contributed by atoms with Gasteiger partial charge in [-0.3, -0.25) is 4.79 Å². The molecule has 0 spiro atoms. The maximum atomic E-state index is 12.7. The summed E-state index contributed by atoms with van der Waals surface area (Å²) < 4.78 is 38.0. The van der Waals surface area contributed by atoms with Crippen LogP contribution in [0.3, 0.4) is 0 Å². The SMILES string of the molecule is CC(C)C(=O)N1CCC(Nc2cc(C(F)(F)F)ccn2)CC1. The number of likely N-dealkylation sites (tertiary alicyclic amines) is 1. The predicted molar refractivity (Wildman–Crippen MR) is 77.3 cm³/mol. The van der Waals surface area contributed by atoms with Crippen LogP contribution in [0.25, 0.3) is 0 Å². The molecule has 1 aliphatic heterocycles. The van der Waals surface area contributed by atoms with Gasteiger partial charge in [0.1, 0.15) is 5.82 Å². The number of rotatable bonds is 3. The van der Waals surface area contributed by atoms with Crippen molar-refractivity contribution in [3.63, 3.8) is 0 Å². The number of nitrogens with zero attached hydrogens (tertiary/aromatic N) is 2. The molecule has 1 amide bonds. The van der Waals surface area contributed by atoms with E-state index in [1.54, 1.807) is 0 Å². The van der Waals surface area contributed by atoms with Crippen LogP contribution in [0.5, 0.6) is 0 Å². The van der Waals surface area contributed by atoms with Crippen molar-refractivity contribution >= 4 is 11.7 Å². The van der Waals surface area contributed by atoms with Crippen LogP contribution < -0.4 is 5.32 Å². The number of amides is 1. The number of aromatic nitrogens is 1. The molecule has 0 unspecified atom stereocenters. The lowest BCUT2D eigenvalue weighted by molar-refractivity contribution is -0.137. The summed E-state index contributed by atoms with van der Waals surface area (Å²) in [5, 5.41) is 3.03. The number of nitrogens with one attached hydrogen (secondary N) is 1. The van der Waals surface area contributed by atoms with Crippen molar-refractivity contribution < 1.29 is 18.0 Å². The molecule has 22 heavy (non-hydrogen) atoms. The van der Waals surface area contributed by atoms with Gasteiger partial charge in [-0.25, -0.2) is 4.98 Å². The molecule has 1 fully saturated rings. The number of hydrogen-bond acceptors (Lipinski definition) is 3. The van der Waals surface area contributed by atoms with E-state index in [2.05, 4.69) is 10.3 Å². The lowest BCUT2D eigenvalue weighted by Gasteiger charge is -2.33. The highest BCUT2D eigenvalue weighted by molar-refractivity contribution is 5.78. The highest BCUT2D eigenvalue weighted by Crippen LogP contribution is 2.30. The highest BCUT2D eigenvalue weighted by atomic mass is 19.4. The summed E-state index contributed by atoms with van der Waals surface area (Å²) in [7, 11) is 0. The molecule has 1 saturated heterocycles. The number of halogens is 3. The fourth-order valence-electron chi connectivity index (χ4n) is 2.50. The first kappa shape index (κ1) is 16.6. The smallest absolute Gasteiger partial charge is 0.367 e. The van der Waals surface area contributed by atoms with Gasteiger partial charge in [0.05, 0.1) is 5.56 Å². The van der Waals surface area contributed by atoms with Crippen molar-refractivity contribution in [2.45, 2.75) is 38.9 Å². The number of pyridine rings is 1. The van der Waals surface area contributed by atoms with E-state index in [4.69, 9.17) is 0 Å². The van der Waals surface area contributed by atoms with E-state index in [9.17, 15) is 18.0 Å². The van der Waals surface area contributed by atoms with Crippen LogP contribution in [0.4, 0.5) is 19.0 Å². The van der Waals surface area contributed by atoms with Gasteiger partial charge in [-0.15, -0.1) is 0 Å². The molecule has 2 rings (SSSR count). The lowest BCUT2D eigenvalue weighted by Crippen LogP contribution is -2.44. The molecule has 0 aromatic carbocycles. The summed E-state index contributed by atoms with van der Waals surface area (Å²) in [5.74, 6) is 0.314. The molecule has 0 radical (unpaired) electrons. The fraction of sp³-hybridized carbons (Fsp3) is 0.600. The summed E-state index contributed by atoms with van der Waals surface area (Å²) in [6, 6.07) is 2.01. The molecule has 7 heteroatoms. The quantitative estimate of drug-likeness (QED) is 0.932. The topological polar surface area (TPSA) is 45.2 Å². The Morgan fingerprint density at radius 2 is 2.00 bits per heavy atom. The Kier molecular flexibility index (Phi) is 4.93. The van der Waals surface area contributed by atoms with Crippen LogP contribution in [0.15, 0.2) is 18.3 Å². The van der Waals surface area contributed by atoms with Crippen LogP contribution >= 0.6 is 0 Å². The van der Waals surface area contributed by atoms with Crippen molar-refractivity contribution in [1.82, 2.24) is 9.88 Å². The Hall–Kier alpha value is -1.79. The van der Waals surface area contributed by atoms with E-state index >= 15 is 0 Å². The second kappa shape index (κ2) is 6.54. The van der Waals surface area contributed by atoms with Gasteiger partial charge < -0.3 is 10.2 Å². The minimum atomic E-state index is -4.37. The molecule has 1 aromatic heterocycles. The zero-order valence-corrected chi connectivity index (χ0v) is 12.7. The minimum absolute atomic E-state index is 0.0327. The first-order valence-electron chi connectivity index (χ1n) is 7.36. The van der Waals surface area contributed by atoms with Crippen molar-refractivity contribution in [1.29, 1.82) is 0 Å². The number of carbonyl (C=O) groups is 1. The van der Waals surface area contributed by atoms with E-state index in [1.165, 1.54) is 0 Å². The van der Waals surface area contributed by atoms with Crippen molar-refractivity contribution in [3.05, 3.63) is 23.9 Å². The molecule has 1 N–H and O–H groups in total. The number of anilines is 1. The third-order valence-corrected chi connectivity index (χ3v) is 3.74. The largest absolute Gasteiger partial charge is 0.416 e. The Labute approximate surface area is 127 Å². The average Bonchev–Trinajstić information content (AvgIpc) is 2.46. The Bertz CT molecular complexity index is 523. The third-order valence-electron chi connectivity index (χ3n) is 3.74. The Morgan fingerprint density at radius 3 is 2.55 bits per heavy atom. The van der Waals surface area contributed by atoms with Crippen LogP contribution in [0.1, 0.15) is 32.3 Å². The zero-order valence-electron chi connectivity index (χ0n) is 12.7. The summed E-state index contributed by atoms with van der Waals surface area (Å²) in [5.41, 5.74) is -0.711. The summed E-state index contributed by atoms with van der Waals surface area (Å²) in [6.07, 6.45) is -1.80. The summed E-state index contributed by atoms with van der Waals surface area (Å²) in [4.78, 5) is 17.6. The third kappa shape index (κ3) is 4.11. The Morgan fingerprint density at radius 1 is 1.36 bits per heavy atom. The molecule has 4 nitrogen and oxygen atoms in total. The minimum Gasteiger partial charge on any atom is -0.367 e. The van der Waals surface area contributed by atoms with Gasteiger partial charge in [-0.1, -0.05) is 13.8 Å². The molecule has 2 heterocycles. The number of carbonyl (C=O) groups excluding carboxylic acids is 1. The van der Waals surface area contributed by atoms with Gasteiger partial charge in [-0.05, 0) is 25.0 Å². The molecule has 0 bridgehead atoms. The van der Waals surface area contributed by atoms with Crippen molar-refractivity contribution in [3.8, 4) is 0 Å². The number of piperidine rings is 1. The first-order chi connectivity index (χ1) is 10.3. The van der Waals surface area contributed by atoms with Crippen LogP contribution in [0.2, 0.25) is 0 Å². The first-order valence-corrected chi connectivity index (χ1v) is 7.36. The Balaban J connectivity index is 1.93. The second-order valence-electron chi connectivity index (χ2n) is 5.83. The second-order valence-corrected chi connectivity index (χ2v) is 5.83. The van der Waals surface area contributed by atoms with Gasteiger partial charge in [-0.2, -0.15) is 13.2 Å². The molecule has 122 valence electrons. The molecule has 1 aromatic rings. The molecular formula is C15H20F3N3O. The van der Waals surface area contributed by atoms with E-state index in [1.807, 2.05) is 18.7 Å². The van der Waals surface area contributed by atoms with Crippen LogP contribution in [-0.4, -0.2) is 34.9 Å². The molecule has 1 aliphatic rings. The van der Waals surface area contributed by atoms with E-state index in [0.717, 1.165) is 18.3 Å². The highest BCUT2D eigenvalue weighted by Gasteiger charge is 2.31. The average molecular weight is 315 g/mol. The van der Waals surface area contributed by atoms with Gasteiger partial charge in [0.2, 0.25) is 5.91 Å². The fourth-order valence-corrected chi connectivity index (χ4v) is 2.50. The van der Waals surface area contributed by atoms with Crippen LogP contribution in [-0.2, 0) is 11.0 Å². The van der Waals surface area contributed by atoms with Crippen LogP contribution in [0, 0.1) is 5.92 Å². The monoisotopic (exact) mass is 315 g/mol. The number of alkyl halides is 3. The molecule has 0 atom stereocenters. The van der Waals surface area contributed by atoms with Gasteiger partial charge in [0.15, 0.2) is 0 Å². The summed E-state index contributed by atoms with van der Waals surface area (Å²) >= 11 is 0. The maximum absolute atomic E-state index is 12.7. The van der Waals surface area contributed by atoms with Crippen molar-refractivity contribution in [2.24, 2.45) is 5.92 Å². The number of hydrogen-bond donors (Lipinski definition) is 1. The van der Waals surface area contributed by atoms with E-state index < -0.39 is 11.7 Å². The standard InChI is InChI=1S/C15H20F3N3O/c1-10(2)14(22)21-7-4-12(5-8-21)20-13-9-11(3-6-19-13)15(16,17)18/h3,6,9-10,12H,4-5,7-8H2,1-2H3,(H,19,20). The molecule has 0 saturated carbocycles. The predicted octanol–water partition coefficient (Wildman–Crippen LogP) is 3.16. The van der Waals surface area contributed by atoms with Gasteiger partial charge in [0, 0.05) is 31.2 Å². The maximum Gasteiger partial charge on any atom is 0.416 e. The summed E-state index contributed by atoms with van der Waals surface area (Å²) in [6.45, 7) is 4.96. The molecular weight excluding hydrogens is 295 g/mol. The normalized spacial score (nSPS) is 16.9. The molecule has 0 aliphatic carbocycles. The lowest BCUT2D eigenvalue weighted by atomic mass is 10.0. The van der Waals surface area contributed by atoms with E-state index in [-0.39, 0.29) is 23.7 Å².